The second-order valence-electron chi connectivity index (χ2n) is 9.56. The Balaban J connectivity index is 2.10. The summed E-state index contributed by atoms with van der Waals surface area (Å²) in [6.45, 7) is 4.25. The second kappa shape index (κ2) is 24.8. The third-order valence-electron chi connectivity index (χ3n) is 6.01. The number of amides is 2. The molecule has 0 saturated heterocycles. The number of phenols is 1. The van der Waals surface area contributed by atoms with E-state index in [1.165, 1.54) is 12.1 Å². The molecule has 0 radical (unpaired) electrons. The van der Waals surface area contributed by atoms with Gasteiger partial charge in [-0.25, -0.2) is 9.59 Å². The average Bonchev–Trinajstić information content (AvgIpc) is 2.99. The molecule has 1 atom stereocenters. The molecule has 0 fully saturated rings. The maximum atomic E-state index is 12.5. The summed E-state index contributed by atoms with van der Waals surface area (Å²) >= 11 is 1.64. The molecule has 0 aromatic heterocycles. The van der Waals surface area contributed by atoms with Crippen LogP contribution in [0.1, 0.15) is 82.0 Å². The van der Waals surface area contributed by atoms with Crippen molar-refractivity contribution in [2.75, 3.05) is 24.2 Å². The minimum Gasteiger partial charge on any atom is -0.507 e. The van der Waals surface area contributed by atoms with Crippen molar-refractivity contribution in [3.05, 3.63) is 84.5 Å². The summed E-state index contributed by atoms with van der Waals surface area (Å²) < 4.78 is 5.04. The van der Waals surface area contributed by atoms with Gasteiger partial charge in [0.05, 0.1) is 11.8 Å². The van der Waals surface area contributed by atoms with Crippen LogP contribution in [0.2, 0.25) is 0 Å². The van der Waals surface area contributed by atoms with E-state index >= 15 is 0 Å². The number of carbonyl (C=O) groups excluding carboxylic acids is 2. The van der Waals surface area contributed by atoms with Crippen LogP contribution in [-0.2, 0) is 9.53 Å². The first-order valence-corrected chi connectivity index (χ1v) is 16.1. The van der Waals surface area contributed by atoms with Gasteiger partial charge in [-0.05, 0) is 81.7 Å². The highest BCUT2D eigenvalue weighted by Crippen LogP contribution is 2.21. The highest BCUT2D eigenvalue weighted by atomic mass is 32.2. The molecule has 43 heavy (non-hydrogen) atoms. The van der Waals surface area contributed by atoms with Gasteiger partial charge in [-0.3, -0.25) is 10.1 Å². The Hall–Kier alpha value is -3.72. The Morgan fingerprint density at radius 2 is 1.49 bits per heavy atom. The lowest BCUT2D eigenvalue weighted by atomic mass is 10.2. The standard InChI is InChI=1S/C34H48N2O6S/c1-3-5-6-7-8-9-10-11-12-13-14-15-16-17-18-19-20-21-26-43-31(4-2)32(38)35-24-25-42-34(41)36-28-22-23-30(37)29(27-28)33(39)40/h5-6,8-9,11-12,14-15,17-18,22-23,27,31,37H,3-4,7,10,13,16,19-21,24-26H2,1-2H3,(H,35,38)(H,36,41)(H,39,40)/b6-5-,9-8-,12-11-,15-14-,18-17-/t31-/m0/s1. The van der Waals surface area contributed by atoms with Crippen LogP contribution in [0.4, 0.5) is 10.5 Å². The lowest BCUT2D eigenvalue weighted by Crippen LogP contribution is -2.35. The zero-order valence-corrected chi connectivity index (χ0v) is 26.3. The van der Waals surface area contributed by atoms with Gasteiger partial charge in [0.25, 0.3) is 0 Å². The molecule has 0 saturated carbocycles. The fourth-order valence-electron chi connectivity index (χ4n) is 3.71. The quantitative estimate of drug-likeness (QED) is 0.0591. The van der Waals surface area contributed by atoms with E-state index in [2.05, 4.69) is 78.3 Å². The first-order valence-electron chi connectivity index (χ1n) is 15.0. The molecule has 0 unspecified atom stereocenters. The highest BCUT2D eigenvalue weighted by Gasteiger charge is 2.16. The summed E-state index contributed by atoms with van der Waals surface area (Å²) in [7, 11) is 0. The molecule has 0 aliphatic carbocycles. The van der Waals surface area contributed by atoms with Crippen molar-refractivity contribution in [1.29, 1.82) is 0 Å². The number of carboxylic acids is 1. The van der Waals surface area contributed by atoms with Gasteiger partial charge in [0, 0.05) is 5.69 Å². The van der Waals surface area contributed by atoms with Crippen molar-refractivity contribution in [3.8, 4) is 5.75 Å². The van der Waals surface area contributed by atoms with E-state index in [9.17, 15) is 19.5 Å². The van der Waals surface area contributed by atoms with E-state index in [-0.39, 0.29) is 35.6 Å². The molecule has 236 valence electrons. The predicted octanol–water partition coefficient (Wildman–Crippen LogP) is 8.19. The van der Waals surface area contributed by atoms with Crippen molar-refractivity contribution in [1.82, 2.24) is 5.32 Å². The van der Waals surface area contributed by atoms with Crippen molar-refractivity contribution in [3.63, 3.8) is 0 Å². The molecule has 1 aromatic carbocycles. The number of thioether (sulfide) groups is 1. The highest BCUT2D eigenvalue weighted by molar-refractivity contribution is 8.00. The molecule has 0 spiro atoms. The molecule has 1 aromatic rings. The molecule has 4 N–H and O–H groups in total. The van der Waals surface area contributed by atoms with Crippen LogP contribution >= 0.6 is 11.8 Å². The van der Waals surface area contributed by atoms with E-state index in [0.29, 0.717) is 6.42 Å². The molecule has 0 bridgehead atoms. The third-order valence-corrected chi connectivity index (χ3v) is 7.49. The number of aromatic carboxylic acids is 1. The van der Waals surface area contributed by atoms with Crippen molar-refractivity contribution in [2.45, 2.75) is 76.9 Å². The Labute approximate surface area is 261 Å². The van der Waals surface area contributed by atoms with Gasteiger partial charge < -0.3 is 20.3 Å². The summed E-state index contributed by atoms with van der Waals surface area (Å²) in [4.78, 5) is 35.5. The van der Waals surface area contributed by atoms with Crippen molar-refractivity contribution < 1.29 is 29.3 Å². The van der Waals surface area contributed by atoms with Gasteiger partial charge >= 0.3 is 12.1 Å². The number of allylic oxidation sites excluding steroid dienone is 10. The molecule has 1 rings (SSSR count). The zero-order valence-electron chi connectivity index (χ0n) is 25.5. The van der Waals surface area contributed by atoms with E-state index < -0.39 is 17.8 Å². The fourth-order valence-corrected chi connectivity index (χ4v) is 4.83. The van der Waals surface area contributed by atoms with Crippen LogP contribution in [0.5, 0.6) is 5.75 Å². The van der Waals surface area contributed by atoms with Crippen LogP contribution in [0.3, 0.4) is 0 Å². The van der Waals surface area contributed by atoms with E-state index in [1.54, 1.807) is 11.8 Å². The molecule has 0 aliphatic heterocycles. The molecule has 0 aliphatic rings. The monoisotopic (exact) mass is 612 g/mol. The molecular weight excluding hydrogens is 564 g/mol. The number of benzene rings is 1. The maximum Gasteiger partial charge on any atom is 0.411 e. The van der Waals surface area contributed by atoms with Crippen LogP contribution < -0.4 is 10.6 Å². The number of hydrogen-bond acceptors (Lipinski definition) is 6. The van der Waals surface area contributed by atoms with Gasteiger partial charge in [0.2, 0.25) is 5.91 Å². The van der Waals surface area contributed by atoms with E-state index in [1.807, 2.05) is 6.92 Å². The Morgan fingerprint density at radius 3 is 2.07 bits per heavy atom. The van der Waals surface area contributed by atoms with Gasteiger partial charge in [-0.15, -0.1) is 11.8 Å². The number of carboxylic acid groups (broad SMARTS) is 1. The third kappa shape index (κ3) is 19.2. The lowest BCUT2D eigenvalue weighted by molar-refractivity contribution is -0.120. The zero-order chi connectivity index (χ0) is 31.5. The minimum absolute atomic E-state index is 0.0320. The number of unbranched alkanes of at least 4 members (excludes halogenated alkanes) is 2. The smallest absolute Gasteiger partial charge is 0.411 e. The Kier molecular flexibility index (Phi) is 21.5. The van der Waals surface area contributed by atoms with E-state index in [0.717, 1.165) is 63.2 Å². The summed E-state index contributed by atoms with van der Waals surface area (Å²) in [6.07, 6.45) is 30.0. The summed E-state index contributed by atoms with van der Waals surface area (Å²) in [5, 5.41) is 23.6. The fraction of sp³-hybridized carbons (Fsp3) is 0.441. The second-order valence-corrected chi connectivity index (χ2v) is 10.9. The van der Waals surface area contributed by atoms with Crippen LogP contribution in [-0.4, -0.2) is 52.3 Å². The molecular formula is C34H48N2O6S. The minimum atomic E-state index is -1.31. The summed E-state index contributed by atoms with van der Waals surface area (Å²) in [5.74, 6) is -0.895. The average molecular weight is 613 g/mol. The van der Waals surface area contributed by atoms with Crippen LogP contribution in [0.25, 0.3) is 0 Å². The summed E-state index contributed by atoms with van der Waals surface area (Å²) in [6, 6.07) is 3.66. The molecule has 8 nitrogen and oxygen atoms in total. The predicted molar refractivity (Wildman–Crippen MR) is 178 cm³/mol. The van der Waals surface area contributed by atoms with Crippen molar-refractivity contribution >= 4 is 35.4 Å². The number of nitrogens with one attached hydrogen (secondary N) is 2. The number of rotatable bonds is 22. The molecule has 9 heteroatoms. The Morgan fingerprint density at radius 1 is 0.884 bits per heavy atom. The number of ether oxygens (including phenoxy) is 1. The van der Waals surface area contributed by atoms with Crippen LogP contribution in [0, 0.1) is 0 Å². The first kappa shape index (κ1) is 37.3. The number of aromatic hydroxyl groups is 1. The lowest BCUT2D eigenvalue weighted by Gasteiger charge is -2.15. The SMILES string of the molecule is CC/C=C\C/C=C\C/C=C\C/C=C\C/C=C\CCCCS[C@@H](CC)C(=O)NCCOC(=O)Nc1ccc(O)c(C(=O)O)c1. The van der Waals surface area contributed by atoms with Crippen LogP contribution in [0.15, 0.2) is 79.0 Å². The molecule has 2 amide bonds. The van der Waals surface area contributed by atoms with Gasteiger partial charge in [-0.2, -0.15) is 0 Å². The van der Waals surface area contributed by atoms with Gasteiger partial charge in [0.1, 0.15) is 17.9 Å². The maximum absolute atomic E-state index is 12.5. The summed E-state index contributed by atoms with van der Waals surface area (Å²) in [5.41, 5.74) is -0.157. The van der Waals surface area contributed by atoms with Gasteiger partial charge in [0.15, 0.2) is 0 Å². The normalized spacial score (nSPS) is 12.6. The molecule has 0 heterocycles. The number of anilines is 1. The van der Waals surface area contributed by atoms with Gasteiger partial charge in [-0.1, -0.05) is 74.6 Å². The van der Waals surface area contributed by atoms with Crippen molar-refractivity contribution in [2.24, 2.45) is 0 Å². The number of carbonyl (C=O) groups is 3. The number of hydrogen-bond donors (Lipinski definition) is 4. The first-order chi connectivity index (χ1) is 20.9. The topological polar surface area (TPSA) is 125 Å². The largest absolute Gasteiger partial charge is 0.507 e. The van der Waals surface area contributed by atoms with E-state index in [4.69, 9.17) is 9.84 Å². The Bertz CT molecular complexity index is 1110.